The molecule has 0 amide bonds. The van der Waals surface area contributed by atoms with Crippen LogP contribution in [0.15, 0.2) is 0 Å². The normalized spacial score (nSPS) is 27.1. The van der Waals surface area contributed by atoms with E-state index in [9.17, 15) is 0 Å². The van der Waals surface area contributed by atoms with E-state index >= 15 is 0 Å². The molecule has 0 radical (unpaired) electrons. The van der Waals surface area contributed by atoms with Crippen LogP contribution in [0, 0.1) is 25.6 Å². The van der Waals surface area contributed by atoms with Crippen molar-refractivity contribution in [2.24, 2.45) is 0 Å². The molecule has 0 aromatic carbocycles. The van der Waals surface area contributed by atoms with E-state index in [4.69, 9.17) is 11.2 Å². The summed E-state index contributed by atoms with van der Waals surface area (Å²) in [5, 5.41) is 0. The summed E-state index contributed by atoms with van der Waals surface area (Å²) < 4.78 is 45.8. The van der Waals surface area contributed by atoms with Gasteiger partial charge in [0, 0.05) is 0 Å². The molecule has 0 saturated carbocycles. The summed E-state index contributed by atoms with van der Waals surface area (Å²) in [4.78, 5) is 0. The zero-order chi connectivity index (χ0) is 7.38. The van der Waals surface area contributed by atoms with E-state index in [1.807, 2.05) is 0 Å². The van der Waals surface area contributed by atoms with Gasteiger partial charge in [-0.05, 0) is 0 Å². The molecule has 6 N–H and O–H groups in total. The molecule has 0 atom stereocenters. The number of halogens is 1. The van der Waals surface area contributed by atoms with Crippen molar-refractivity contribution >= 4 is 6.47 Å². The maximum atomic E-state index is 7.63. The van der Waals surface area contributed by atoms with Gasteiger partial charge in [-0.1, -0.05) is 0 Å². The predicted octanol–water partition coefficient (Wildman–Crippen LogP) is -2.65. The van der Waals surface area contributed by atoms with Crippen molar-refractivity contribution in [3.8, 4) is 0 Å². The molecule has 0 bridgehead atoms. The van der Waals surface area contributed by atoms with Crippen molar-refractivity contribution < 1.29 is 36.8 Å². The molecular formula is H6ClErO6. The van der Waals surface area contributed by atoms with Crippen molar-refractivity contribution in [1.29, 1.82) is 0 Å². The average Bonchev–Trinajstić information content (AvgIpc) is 0.544. The molecular weight excluding hydrogens is 299 g/mol. The van der Waals surface area contributed by atoms with Crippen LogP contribution in [0.3, 0.4) is 0 Å². The van der Waals surface area contributed by atoms with Crippen molar-refractivity contribution in [2.75, 3.05) is 0 Å². The van der Waals surface area contributed by atoms with E-state index < -0.39 is 25.6 Å². The second-order valence-corrected chi connectivity index (χ2v) is 12.9. The Morgan fingerprint density at radius 2 is 0.750 bits per heavy atom. The number of rotatable bonds is 0. The predicted molar refractivity (Wildman–Crippen MR) is 19.2 cm³/mol. The van der Waals surface area contributed by atoms with Crippen LogP contribution in [-0.2, 0) is 0 Å². The molecule has 6 nitrogen and oxygen atoms in total. The molecule has 0 aliphatic carbocycles. The zero-order valence-corrected chi connectivity index (χ0v) is 5.96. The Bertz CT molecular complexity index is 101. The summed E-state index contributed by atoms with van der Waals surface area (Å²) in [7, 11) is 0. The zero-order valence-electron chi connectivity index (χ0n) is 3.35. The summed E-state index contributed by atoms with van der Waals surface area (Å²) in [6.45, 7) is 3.80. The van der Waals surface area contributed by atoms with Gasteiger partial charge in [-0.15, -0.1) is 0 Å². The van der Waals surface area contributed by atoms with Crippen LogP contribution >= 0.6 is 6.47 Å². The Hall–Kier alpha value is 1.30. The van der Waals surface area contributed by atoms with Gasteiger partial charge in [0.2, 0.25) is 0 Å². The van der Waals surface area contributed by atoms with E-state index in [0.29, 0.717) is 0 Å². The van der Waals surface area contributed by atoms with Crippen molar-refractivity contribution in [3.63, 3.8) is 0 Å². The van der Waals surface area contributed by atoms with Crippen molar-refractivity contribution in [2.45, 2.75) is 0 Å². The topological polar surface area (TPSA) is 121 Å². The second kappa shape index (κ2) is 0.889. The maximum absolute atomic E-state index is 9.11. The van der Waals surface area contributed by atoms with Gasteiger partial charge in [0.25, 0.3) is 0 Å². The number of hydrogen-bond donors (Lipinski definition) is 6. The third kappa shape index (κ3) is 172. The van der Waals surface area contributed by atoms with Crippen LogP contribution in [0.2, 0.25) is 0 Å². The second-order valence-electron chi connectivity index (χ2n) is 1.16. The molecule has 0 aromatic heterocycles. The van der Waals surface area contributed by atoms with E-state index in [-0.39, 0.29) is 0 Å². The molecule has 0 heterocycles. The molecule has 0 aliphatic rings. The first-order chi connectivity index (χ1) is 2.65. The summed E-state index contributed by atoms with van der Waals surface area (Å²) in [5.74, 6) is 0. The van der Waals surface area contributed by atoms with Crippen molar-refractivity contribution in [1.82, 2.24) is 0 Å². The van der Waals surface area contributed by atoms with E-state index in [1.165, 1.54) is 0 Å². The molecule has 61 valence electrons. The Balaban J connectivity index is 5.14. The van der Waals surface area contributed by atoms with Crippen LogP contribution in [0.4, 0.5) is 0 Å². The number of hydrogen-bond acceptors (Lipinski definition) is 6. The van der Waals surface area contributed by atoms with Gasteiger partial charge in [0.15, 0.2) is 0 Å². The van der Waals surface area contributed by atoms with Gasteiger partial charge >= 0.3 is 43.3 Å². The summed E-state index contributed by atoms with van der Waals surface area (Å²) in [6, 6.07) is 0. The van der Waals surface area contributed by atoms with Crippen LogP contribution in [0.1, 0.15) is 0 Å². The standard InChI is InChI=1S/ClH.Er.6H2O/h1H;;6*1H2/q;+7;;;;;;/p-7. The fourth-order valence-corrected chi connectivity index (χ4v) is 0. The molecule has 0 fully saturated rings. The van der Waals surface area contributed by atoms with E-state index in [1.54, 1.807) is 0 Å². The summed E-state index contributed by atoms with van der Waals surface area (Å²) in [5.41, 5.74) is 0. The monoisotopic (exact) mass is 303 g/mol. The third-order valence-electron chi connectivity index (χ3n) is 0. The molecule has 0 aliphatic heterocycles. The molecule has 8 heteroatoms. The van der Waals surface area contributed by atoms with Gasteiger partial charge in [-0.25, -0.2) is 0 Å². The van der Waals surface area contributed by atoms with Gasteiger partial charge < -0.3 is 0 Å². The van der Waals surface area contributed by atoms with Crippen LogP contribution in [0.25, 0.3) is 0 Å². The van der Waals surface area contributed by atoms with Gasteiger partial charge in [0.05, 0.1) is 0 Å². The van der Waals surface area contributed by atoms with Crippen LogP contribution in [0.5, 0.6) is 0 Å². The molecule has 0 saturated heterocycles. The van der Waals surface area contributed by atoms with Gasteiger partial charge in [0.1, 0.15) is 0 Å². The fraction of sp³-hybridized carbons (Fsp3) is 0. The molecule has 0 unspecified atom stereocenters. The first-order valence-electron chi connectivity index (χ1n) is 0.884. The van der Waals surface area contributed by atoms with Crippen LogP contribution < -0.4 is 0 Å². The first-order valence-corrected chi connectivity index (χ1v) is 8.17. The minimum atomic E-state index is -9.11. The van der Waals surface area contributed by atoms with E-state index in [0.717, 1.165) is 0 Å². The van der Waals surface area contributed by atoms with E-state index in [2.05, 4.69) is 6.47 Å². The first kappa shape index (κ1) is 9.30. The molecule has 8 heavy (non-hydrogen) atoms. The SMILES string of the molecule is [OH][Er]([OH])([OH])([OH])([OH])([OH])[Cl]. The van der Waals surface area contributed by atoms with Crippen molar-refractivity contribution in [3.05, 3.63) is 0 Å². The third-order valence-corrected chi connectivity index (χ3v) is 0. The molecule has 0 rings (SSSR count). The Labute approximate surface area is 42.8 Å². The molecule has 0 spiro atoms. The summed E-state index contributed by atoms with van der Waals surface area (Å²) >= 11 is -9.11. The quantitative estimate of drug-likeness (QED) is 0.291. The average molecular weight is 305 g/mol. The Morgan fingerprint density at radius 1 is 0.750 bits per heavy atom. The Kier molecular flexibility index (Phi) is 1.03. The van der Waals surface area contributed by atoms with Gasteiger partial charge in [-0.2, -0.15) is 0 Å². The fourth-order valence-electron chi connectivity index (χ4n) is 0. The Morgan fingerprint density at radius 3 is 0.750 bits per heavy atom. The summed E-state index contributed by atoms with van der Waals surface area (Å²) in [6.07, 6.45) is 0. The van der Waals surface area contributed by atoms with Crippen LogP contribution in [-0.4, -0.2) is 11.2 Å². The minimum absolute atomic E-state index is 3.80. The van der Waals surface area contributed by atoms with Gasteiger partial charge in [-0.3, -0.25) is 0 Å². The molecule has 0 aromatic rings.